The summed E-state index contributed by atoms with van der Waals surface area (Å²) in [5.41, 5.74) is 7.57. The molecular weight excluding hydrogens is 317 g/mol. The average Bonchev–Trinajstić information content (AvgIpc) is 2.34. The summed E-state index contributed by atoms with van der Waals surface area (Å²) >= 11 is 9.24. The third kappa shape index (κ3) is 3.31. The average molecular weight is 329 g/mol. The highest BCUT2D eigenvalue weighted by atomic mass is 79.9. The Labute approximate surface area is 119 Å². The van der Waals surface area contributed by atoms with Crippen molar-refractivity contribution in [3.63, 3.8) is 0 Å². The molecule has 0 aliphatic heterocycles. The number of hydrogen-bond donors (Lipinski definition) is 1. The van der Waals surface area contributed by atoms with E-state index in [1.807, 2.05) is 18.2 Å². The van der Waals surface area contributed by atoms with Gasteiger partial charge in [-0.1, -0.05) is 39.7 Å². The van der Waals surface area contributed by atoms with Crippen LogP contribution in [0, 0.1) is 5.82 Å². The van der Waals surface area contributed by atoms with Crippen LogP contribution in [0.1, 0.15) is 17.2 Å². The van der Waals surface area contributed by atoms with Crippen LogP contribution in [0.5, 0.6) is 0 Å². The molecule has 4 heteroatoms. The SMILES string of the molecule is NC(Cc1cc(Br)ccc1F)c1cccc(Cl)c1. The lowest BCUT2D eigenvalue weighted by atomic mass is 9.99. The molecule has 0 aliphatic rings. The van der Waals surface area contributed by atoms with E-state index in [1.165, 1.54) is 6.07 Å². The molecule has 1 unspecified atom stereocenters. The van der Waals surface area contributed by atoms with Gasteiger partial charge in [-0.3, -0.25) is 0 Å². The van der Waals surface area contributed by atoms with Crippen LogP contribution >= 0.6 is 27.5 Å². The second kappa shape index (κ2) is 5.83. The number of nitrogens with two attached hydrogens (primary N) is 1. The van der Waals surface area contributed by atoms with E-state index < -0.39 is 0 Å². The Kier molecular flexibility index (Phi) is 4.38. The van der Waals surface area contributed by atoms with E-state index in [1.54, 1.807) is 18.2 Å². The molecular formula is C14H12BrClFN. The fraction of sp³-hybridized carbons (Fsp3) is 0.143. The van der Waals surface area contributed by atoms with Gasteiger partial charge in [-0.05, 0) is 47.9 Å². The van der Waals surface area contributed by atoms with Gasteiger partial charge in [0.2, 0.25) is 0 Å². The lowest BCUT2D eigenvalue weighted by molar-refractivity contribution is 0.593. The van der Waals surface area contributed by atoms with E-state index in [-0.39, 0.29) is 11.9 Å². The van der Waals surface area contributed by atoms with Gasteiger partial charge in [0.1, 0.15) is 5.82 Å². The highest BCUT2D eigenvalue weighted by molar-refractivity contribution is 9.10. The molecule has 0 aliphatic carbocycles. The molecule has 0 saturated heterocycles. The fourth-order valence-corrected chi connectivity index (χ4v) is 2.40. The predicted octanol–water partition coefficient (Wildman–Crippen LogP) is 4.48. The molecule has 2 aromatic rings. The Hall–Kier alpha value is -0.900. The van der Waals surface area contributed by atoms with Gasteiger partial charge in [0.15, 0.2) is 0 Å². The van der Waals surface area contributed by atoms with Crippen molar-refractivity contribution in [1.29, 1.82) is 0 Å². The van der Waals surface area contributed by atoms with E-state index in [0.717, 1.165) is 10.0 Å². The normalized spacial score (nSPS) is 12.4. The number of hydrogen-bond acceptors (Lipinski definition) is 1. The summed E-state index contributed by atoms with van der Waals surface area (Å²) in [6.45, 7) is 0. The topological polar surface area (TPSA) is 26.0 Å². The summed E-state index contributed by atoms with van der Waals surface area (Å²) in [4.78, 5) is 0. The second-order valence-corrected chi connectivity index (χ2v) is 5.45. The molecule has 0 amide bonds. The zero-order chi connectivity index (χ0) is 13.1. The van der Waals surface area contributed by atoms with Gasteiger partial charge < -0.3 is 5.73 Å². The van der Waals surface area contributed by atoms with Gasteiger partial charge in [0.25, 0.3) is 0 Å². The van der Waals surface area contributed by atoms with Crippen LogP contribution in [-0.4, -0.2) is 0 Å². The van der Waals surface area contributed by atoms with Crippen molar-refractivity contribution in [2.75, 3.05) is 0 Å². The van der Waals surface area contributed by atoms with E-state index in [0.29, 0.717) is 17.0 Å². The van der Waals surface area contributed by atoms with Crippen molar-refractivity contribution in [3.8, 4) is 0 Å². The first-order valence-electron chi connectivity index (χ1n) is 5.51. The molecule has 0 bridgehead atoms. The molecule has 1 atom stereocenters. The van der Waals surface area contributed by atoms with Crippen LogP contribution in [0.3, 0.4) is 0 Å². The Bertz CT molecular complexity index is 559. The molecule has 0 radical (unpaired) electrons. The van der Waals surface area contributed by atoms with Crippen molar-refractivity contribution in [3.05, 3.63) is 68.9 Å². The van der Waals surface area contributed by atoms with Crippen molar-refractivity contribution in [1.82, 2.24) is 0 Å². The Morgan fingerprint density at radius 1 is 1.22 bits per heavy atom. The maximum atomic E-state index is 13.6. The highest BCUT2D eigenvalue weighted by Crippen LogP contribution is 2.23. The van der Waals surface area contributed by atoms with E-state index in [4.69, 9.17) is 17.3 Å². The van der Waals surface area contributed by atoms with Gasteiger partial charge in [-0.25, -0.2) is 4.39 Å². The highest BCUT2D eigenvalue weighted by Gasteiger charge is 2.11. The van der Waals surface area contributed by atoms with Gasteiger partial charge in [0, 0.05) is 15.5 Å². The monoisotopic (exact) mass is 327 g/mol. The molecule has 2 N–H and O–H groups in total. The molecule has 2 aromatic carbocycles. The lowest BCUT2D eigenvalue weighted by Crippen LogP contribution is -2.14. The molecule has 0 aromatic heterocycles. The van der Waals surface area contributed by atoms with Crippen LogP contribution < -0.4 is 5.73 Å². The smallest absolute Gasteiger partial charge is 0.126 e. The van der Waals surface area contributed by atoms with Gasteiger partial charge in [-0.15, -0.1) is 0 Å². The third-order valence-electron chi connectivity index (χ3n) is 2.72. The van der Waals surface area contributed by atoms with Crippen LogP contribution in [-0.2, 0) is 6.42 Å². The van der Waals surface area contributed by atoms with Crippen molar-refractivity contribution >= 4 is 27.5 Å². The van der Waals surface area contributed by atoms with Crippen molar-refractivity contribution in [2.24, 2.45) is 5.73 Å². The standard InChI is InChI=1S/C14H12BrClFN/c15-11-4-5-13(17)10(6-11)8-14(18)9-2-1-3-12(16)7-9/h1-7,14H,8,18H2. The lowest BCUT2D eigenvalue weighted by Gasteiger charge is -2.13. The molecule has 0 spiro atoms. The largest absolute Gasteiger partial charge is 0.324 e. The quantitative estimate of drug-likeness (QED) is 0.883. The maximum Gasteiger partial charge on any atom is 0.126 e. The van der Waals surface area contributed by atoms with Gasteiger partial charge >= 0.3 is 0 Å². The van der Waals surface area contributed by atoms with E-state index in [2.05, 4.69) is 15.9 Å². The molecule has 0 fully saturated rings. The molecule has 0 heterocycles. The number of benzene rings is 2. The molecule has 94 valence electrons. The zero-order valence-electron chi connectivity index (χ0n) is 9.54. The molecule has 1 nitrogen and oxygen atoms in total. The summed E-state index contributed by atoms with van der Waals surface area (Å²) in [7, 11) is 0. The minimum atomic E-state index is -0.271. The van der Waals surface area contributed by atoms with Crippen molar-refractivity contribution in [2.45, 2.75) is 12.5 Å². The fourth-order valence-electron chi connectivity index (χ4n) is 1.79. The van der Waals surface area contributed by atoms with Crippen molar-refractivity contribution < 1.29 is 4.39 Å². The molecule has 18 heavy (non-hydrogen) atoms. The molecule has 0 saturated carbocycles. The third-order valence-corrected chi connectivity index (χ3v) is 3.45. The zero-order valence-corrected chi connectivity index (χ0v) is 11.9. The Morgan fingerprint density at radius 3 is 2.72 bits per heavy atom. The summed E-state index contributed by atoms with van der Waals surface area (Å²) in [6, 6.07) is 11.9. The van der Waals surface area contributed by atoms with Gasteiger partial charge in [-0.2, -0.15) is 0 Å². The maximum absolute atomic E-state index is 13.6. The number of rotatable bonds is 3. The van der Waals surface area contributed by atoms with E-state index >= 15 is 0 Å². The summed E-state index contributed by atoms with van der Waals surface area (Å²) in [6.07, 6.45) is 0.436. The molecule has 2 rings (SSSR count). The summed E-state index contributed by atoms with van der Waals surface area (Å²) < 4.78 is 14.5. The van der Waals surface area contributed by atoms with Crippen LogP contribution in [0.2, 0.25) is 5.02 Å². The summed E-state index contributed by atoms with van der Waals surface area (Å²) in [5, 5.41) is 0.637. The first-order valence-corrected chi connectivity index (χ1v) is 6.68. The first kappa shape index (κ1) is 13.5. The van der Waals surface area contributed by atoms with Gasteiger partial charge in [0.05, 0.1) is 0 Å². The summed E-state index contributed by atoms with van der Waals surface area (Å²) in [5.74, 6) is -0.240. The first-order chi connectivity index (χ1) is 8.56. The van der Waals surface area contributed by atoms with Crippen LogP contribution in [0.25, 0.3) is 0 Å². The second-order valence-electron chi connectivity index (χ2n) is 4.10. The predicted molar refractivity (Wildman–Crippen MR) is 76.2 cm³/mol. The number of halogens is 3. The van der Waals surface area contributed by atoms with Crippen LogP contribution in [0.4, 0.5) is 4.39 Å². The Morgan fingerprint density at radius 2 is 2.00 bits per heavy atom. The van der Waals surface area contributed by atoms with E-state index in [9.17, 15) is 4.39 Å². The minimum absolute atomic E-state index is 0.240. The Balaban J connectivity index is 2.21. The minimum Gasteiger partial charge on any atom is -0.324 e. The van der Waals surface area contributed by atoms with Crippen LogP contribution in [0.15, 0.2) is 46.9 Å².